The first-order chi connectivity index (χ1) is 14.5. The maximum absolute atomic E-state index is 13.1. The van der Waals surface area contributed by atoms with Gasteiger partial charge in [-0.1, -0.05) is 12.1 Å². The summed E-state index contributed by atoms with van der Waals surface area (Å²) in [4.78, 5) is 25.3. The zero-order valence-electron chi connectivity index (χ0n) is 16.2. The minimum Gasteiger partial charge on any atom is -0.508 e. The van der Waals surface area contributed by atoms with Gasteiger partial charge >= 0.3 is 0 Å². The fraction of sp³-hybridized carbons (Fsp3) is 0.238. The number of carbonyl (C=O) groups is 1. The lowest BCUT2D eigenvalue weighted by Gasteiger charge is -2.26. The van der Waals surface area contributed by atoms with E-state index in [4.69, 9.17) is 4.74 Å². The number of ether oxygens (including phenoxy) is 1. The van der Waals surface area contributed by atoms with Crippen molar-refractivity contribution in [1.29, 1.82) is 0 Å². The Kier molecular flexibility index (Phi) is 5.20. The highest BCUT2D eigenvalue weighted by Crippen LogP contribution is 2.43. The van der Waals surface area contributed by atoms with E-state index in [1.807, 2.05) is 6.07 Å². The summed E-state index contributed by atoms with van der Waals surface area (Å²) in [5.74, 6) is -0.0827. The molecule has 3 aromatic rings. The maximum Gasteiger partial charge on any atom is 0.273 e. The van der Waals surface area contributed by atoms with Gasteiger partial charge in [0.05, 0.1) is 16.7 Å². The van der Waals surface area contributed by atoms with E-state index in [0.29, 0.717) is 42.1 Å². The van der Waals surface area contributed by atoms with Gasteiger partial charge in [0.1, 0.15) is 11.4 Å². The highest BCUT2D eigenvalue weighted by Gasteiger charge is 2.42. The van der Waals surface area contributed by atoms with Crippen molar-refractivity contribution in [3.8, 4) is 17.0 Å². The monoisotopic (exact) mass is 408 g/mol. The number of phenols is 1. The Balaban J connectivity index is 1.80. The molecule has 0 radical (unpaired) electrons. The van der Waals surface area contributed by atoms with E-state index in [0.717, 1.165) is 5.56 Å². The van der Waals surface area contributed by atoms with Gasteiger partial charge in [0.2, 0.25) is 0 Å². The Labute approximate surface area is 172 Å². The van der Waals surface area contributed by atoms with Crippen molar-refractivity contribution < 1.29 is 19.6 Å². The number of nitrogens with one attached hydrogen (secondary N) is 1. The Morgan fingerprint density at radius 3 is 2.70 bits per heavy atom. The van der Waals surface area contributed by atoms with Gasteiger partial charge in [0.25, 0.3) is 11.6 Å². The number of nitro groups is 1. The van der Waals surface area contributed by atoms with Crippen LogP contribution in [-0.4, -0.2) is 51.3 Å². The van der Waals surface area contributed by atoms with Crippen molar-refractivity contribution in [2.75, 3.05) is 20.3 Å². The van der Waals surface area contributed by atoms with Crippen molar-refractivity contribution in [3.05, 3.63) is 75.5 Å². The Hall–Kier alpha value is -3.72. The number of aromatic amines is 1. The number of hydrogen-bond donors (Lipinski definition) is 2. The Bertz CT molecular complexity index is 1090. The fourth-order valence-electron chi connectivity index (χ4n) is 3.81. The second-order valence-electron chi connectivity index (χ2n) is 7.01. The summed E-state index contributed by atoms with van der Waals surface area (Å²) < 4.78 is 5.13. The number of hydrogen-bond acceptors (Lipinski definition) is 6. The summed E-state index contributed by atoms with van der Waals surface area (Å²) in [6.45, 7) is 0.979. The van der Waals surface area contributed by atoms with E-state index in [1.165, 1.54) is 12.1 Å². The van der Waals surface area contributed by atoms with Crippen LogP contribution < -0.4 is 0 Å². The van der Waals surface area contributed by atoms with E-state index < -0.39 is 11.0 Å². The second kappa shape index (κ2) is 7.96. The number of benzene rings is 2. The normalized spacial score (nSPS) is 15.4. The lowest BCUT2D eigenvalue weighted by atomic mass is 9.96. The van der Waals surface area contributed by atoms with Crippen LogP contribution in [0.15, 0.2) is 48.5 Å². The van der Waals surface area contributed by atoms with Gasteiger partial charge in [0, 0.05) is 43.5 Å². The predicted octanol–water partition coefficient (Wildman–Crippen LogP) is 3.27. The van der Waals surface area contributed by atoms with Crippen LogP contribution in [0.2, 0.25) is 0 Å². The van der Waals surface area contributed by atoms with Gasteiger partial charge in [-0.05, 0) is 36.2 Å². The van der Waals surface area contributed by atoms with Crippen molar-refractivity contribution in [3.63, 3.8) is 0 Å². The predicted molar refractivity (Wildman–Crippen MR) is 108 cm³/mol. The molecule has 4 rings (SSSR count). The summed E-state index contributed by atoms with van der Waals surface area (Å²) in [7, 11) is 1.61. The molecule has 1 aliphatic rings. The molecular weight excluding hydrogens is 388 g/mol. The molecule has 9 nitrogen and oxygen atoms in total. The molecule has 0 saturated carbocycles. The number of methoxy groups -OCH3 is 1. The standard InChI is InChI=1S/C21H20N4O5/c1-30-11-3-10-24-20(14-4-2-5-16(26)12-14)17-18(22-23-19(17)21(24)27)13-6-8-15(9-7-13)25(28)29/h2,4-9,12,20,26H,3,10-11H2,1H3,(H,22,23). The number of carbonyl (C=O) groups excluding carboxylic acids is 1. The summed E-state index contributed by atoms with van der Waals surface area (Å²) >= 11 is 0. The summed E-state index contributed by atoms with van der Waals surface area (Å²) in [5.41, 5.74) is 3.02. The molecule has 0 fully saturated rings. The van der Waals surface area contributed by atoms with E-state index in [2.05, 4.69) is 10.2 Å². The number of nitrogens with zero attached hydrogens (tertiary/aromatic N) is 3. The largest absolute Gasteiger partial charge is 0.508 e. The van der Waals surface area contributed by atoms with Crippen LogP contribution in [0.5, 0.6) is 5.75 Å². The van der Waals surface area contributed by atoms with Crippen LogP contribution in [0, 0.1) is 10.1 Å². The third kappa shape index (κ3) is 3.39. The summed E-state index contributed by atoms with van der Waals surface area (Å²) in [5, 5.41) is 28.1. The molecule has 0 saturated heterocycles. The summed E-state index contributed by atoms with van der Waals surface area (Å²) in [6, 6.07) is 12.4. The molecule has 2 aromatic carbocycles. The van der Waals surface area contributed by atoms with Crippen LogP contribution >= 0.6 is 0 Å². The number of fused-ring (bicyclic) bond motifs is 1. The van der Waals surface area contributed by atoms with Crippen LogP contribution in [0.1, 0.15) is 34.1 Å². The van der Waals surface area contributed by atoms with Crippen LogP contribution in [0.4, 0.5) is 5.69 Å². The third-order valence-corrected chi connectivity index (χ3v) is 5.15. The smallest absolute Gasteiger partial charge is 0.273 e. The van der Waals surface area contributed by atoms with Gasteiger partial charge in [-0.2, -0.15) is 5.10 Å². The first-order valence-electron chi connectivity index (χ1n) is 9.43. The molecule has 1 unspecified atom stereocenters. The lowest BCUT2D eigenvalue weighted by Crippen LogP contribution is -2.31. The minimum atomic E-state index is -0.463. The molecule has 0 bridgehead atoms. The quantitative estimate of drug-likeness (QED) is 0.351. The number of aromatic nitrogens is 2. The maximum atomic E-state index is 13.1. The second-order valence-corrected chi connectivity index (χ2v) is 7.01. The highest BCUT2D eigenvalue weighted by molar-refractivity contribution is 6.00. The molecule has 0 aliphatic carbocycles. The number of H-pyrrole nitrogens is 1. The van der Waals surface area contributed by atoms with Crippen molar-refractivity contribution in [2.24, 2.45) is 0 Å². The number of non-ortho nitro benzene ring substituents is 1. The third-order valence-electron chi connectivity index (χ3n) is 5.15. The van der Waals surface area contributed by atoms with Crippen molar-refractivity contribution in [1.82, 2.24) is 15.1 Å². The fourth-order valence-corrected chi connectivity index (χ4v) is 3.81. The molecule has 1 aliphatic heterocycles. The Morgan fingerprint density at radius 2 is 2.03 bits per heavy atom. The molecule has 1 aromatic heterocycles. The van der Waals surface area contributed by atoms with Crippen molar-refractivity contribution in [2.45, 2.75) is 12.5 Å². The van der Waals surface area contributed by atoms with Gasteiger partial charge in [0.15, 0.2) is 0 Å². The van der Waals surface area contributed by atoms with E-state index >= 15 is 0 Å². The first kappa shape index (κ1) is 19.6. The first-order valence-corrected chi connectivity index (χ1v) is 9.43. The molecule has 1 amide bonds. The van der Waals surface area contributed by atoms with E-state index in [-0.39, 0.29) is 17.3 Å². The average molecular weight is 408 g/mol. The van der Waals surface area contributed by atoms with Gasteiger partial charge in [-0.25, -0.2) is 0 Å². The number of nitro benzene ring substituents is 1. The number of aromatic hydroxyl groups is 1. The average Bonchev–Trinajstić information content (AvgIpc) is 3.28. The van der Waals surface area contributed by atoms with Gasteiger partial charge in [-0.3, -0.25) is 20.0 Å². The summed E-state index contributed by atoms with van der Waals surface area (Å²) in [6.07, 6.45) is 0.655. The zero-order valence-corrected chi connectivity index (χ0v) is 16.2. The SMILES string of the molecule is COCCCN1C(=O)c2[nH]nc(-c3ccc([N+](=O)[O-])cc3)c2C1c1cccc(O)c1. The topological polar surface area (TPSA) is 122 Å². The molecule has 154 valence electrons. The number of amides is 1. The van der Waals surface area contributed by atoms with Crippen LogP contribution in [-0.2, 0) is 4.74 Å². The number of rotatable bonds is 7. The zero-order chi connectivity index (χ0) is 21.3. The van der Waals surface area contributed by atoms with Gasteiger partial charge < -0.3 is 14.7 Å². The molecule has 1 atom stereocenters. The Morgan fingerprint density at radius 1 is 1.27 bits per heavy atom. The van der Waals surface area contributed by atoms with Crippen LogP contribution in [0.3, 0.4) is 0 Å². The number of phenolic OH excluding ortho intramolecular Hbond substituents is 1. The highest BCUT2D eigenvalue weighted by atomic mass is 16.6. The molecule has 2 heterocycles. The van der Waals surface area contributed by atoms with E-state index in [9.17, 15) is 20.0 Å². The van der Waals surface area contributed by atoms with Crippen molar-refractivity contribution >= 4 is 11.6 Å². The molecule has 2 N–H and O–H groups in total. The molecule has 9 heteroatoms. The van der Waals surface area contributed by atoms with Gasteiger partial charge in [-0.15, -0.1) is 0 Å². The molecular formula is C21H20N4O5. The van der Waals surface area contributed by atoms with Crippen LogP contribution in [0.25, 0.3) is 11.3 Å². The minimum absolute atomic E-state index is 0.0206. The lowest BCUT2D eigenvalue weighted by molar-refractivity contribution is -0.384. The molecule has 0 spiro atoms. The molecule has 30 heavy (non-hydrogen) atoms. The van der Waals surface area contributed by atoms with E-state index in [1.54, 1.807) is 42.3 Å².